The molecule has 1 aromatic heterocycles. The number of hydrogen-bond acceptors (Lipinski definition) is 6. The summed E-state index contributed by atoms with van der Waals surface area (Å²) in [6.07, 6.45) is 2.73. The summed E-state index contributed by atoms with van der Waals surface area (Å²) in [6, 6.07) is 3.59. The van der Waals surface area contributed by atoms with Gasteiger partial charge >= 0.3 is 0 Å². The van der Waals surface area contributed by atoms with Crippen LogP contribution in [0.5, 0.6) is 0 Å². The number of halogens is 1. The molecule has 8 heteroatoms. The zero-order valence-electron chi connectivity index (χ0n) is 16.8. The van der Waals surface area contributed by atoms with Crippen molar-refractivity contribution in [1.82, 2.24) is 9.88 Å². The van der Waals surface area contributed by atoms with Gasteiger partial charge in [-0.15, -0.1) is 11.3 Å². The van der Waals surface area contributed by atoms with Crippen LogP contribution in [0.2, 0.25) is 0 Å². The number of aromatic nitrogens is 1. The summed E-state index contributed by atoms with van der Waals surface area (Å²) >= 11 is 1.74. The second kappa shape index (κ2) is 8.87. The second-order valence-electron chi connectivity index (χ2n) is 7.71. The molecule has 0 radical (unpaired) electrons. The maximum Gasteiger partial charge on any atom is 0.155 e. The van der Waals surface area contributed by atoms with Crippen LogP contribution in [0.4, 0.5) is 10.1 Å². The Morgan fingerprint density at radius 3 is 2.57 bits per heavy atom. The normalized spacial score (nSPS) is 16.2. The molecule has 0 saturated carbocycles. The van der Waals surface area contributed by atoms with Crippen LogP contribution >= 0.6 is 11.3 Å². The van der Waals surface area contributed by atoms with Gasteiger partial charge in [0.2, 0.25) is 0 Å². The van der Waals surface area contributed by atoms with Crippen molar-refractivity contribution >= 4 is 22.9 Å². The van der Waals surface area contributed by atoms with Gasteiger partial charge in [-0.1, -0.05) is 13.8 Å². The lowest BCUT2D eigenvalue weighted by Crippen LogP contribution is -2.46. The van der Waals surface area contributed by atoms with E-state index in [0.29, 0.717) is 11.5 Å². The number of thiazole rings is 1. The zero-order chi connectivity index (χ0) is 20.3. The molecule has 0 unspecified atom stereocenters. The lowest BCUT2D eigenvalue weighted by molar-refractivity contribution is 0.249. The summed E-state index contributed by atoms with van der Waals surface area (Å²) in [4.78, 5) is 10.2. The molecule has 6 nitrogen and oxygen atoms in total. The largest absolute Gasteiger partial charge is 0.382 e. The quantitative estimate of drug-likeness (QED) is 0.335. The number of benzene rings is 1. The van der Waals surface area contributed by atoms with E-state index in [-0.39, 0.29) is 11.7 Å². The highest BCUT2D eigenvalue weighted by Crippen LogP contribution is 2.28. The van der Waals surface area contributed by atoms with E-state index in [2.05, 4.69) is 40.7 Å². The predicted octanol–water partition coefficient (Wildman–Crippen LogP) is 2.69. The van der Waals surface area contributed by atoms with Crippen molar-refractivity contribution in [2.45, 2.75) is 33.7 Å². The molecule has 2 aromatic rings. The van der Waals surface area contributed by atoms with Gasteiger partial charge in [0.15, 0.2) is 5.84 Å². The molecular weight excluding hydrogens is 375 g/mol. The summed E-state index contributed by atoms with van der Waals surface area (Å²) in [5.41, 5.74) is 7.98. The lowest BCUT2D eigenvalue weighted by Gasteiger charge is -2.37. The van der Waals surface area contributed by atoms with Gasteiger partial charge in [0.25, 0.3) is 0 Å². The molecule has 0 bridgehead atoms. The summed E-state index contributed by atoms with van der Waals surface area (Å²) in [5, 5.41) is 4.68. The number of amidine groups is 1. The molecule has 3 rings (SSSR count). The minimum Gasteiger partial charge on any atom is -0.382 e. The fraction of sp³-hybridized carbons (Fsp3) is 0.500. The van der Waals surface area contributed by atoms with Gasteiger partial charge in [-0.05, 0) is 37.0 Å². The number of piperazine rings is 1. The van der Waals surface area contributed by atoms with Gasteiger partial charge in [-0.25, -0.2) is 9.37 Å². The number of nitrogens with zero attached hydrogens (tertiary/aromatic N) is 4. The first-order valence-corrected chi connectivity index (χ1v) is 10.4. The fourth-order valence-electron chi connectivity index (χ4n) is 3.62. The highest BCUT2D eigenvalue weighted by molar-refractivity contribution is 7.11. The topological polar surface area (TPSA) is 83.8 Å². The molecule has 2 heterocycles. The summed E-state index contributed by atoms with van der Waals surface area (Å²) in [5.74, 6) is 5.48. The number of aryl methyl sites for hydroxylation is 1. The molecule has 152 valence electrons. The third kappa shape index (κ3) is 4.80. The van der Waals surface area contributed by atoms with Gasteiger partial charge in [0, 0.05) is 37.3 Å². The standard InChI is InChI=1S/C20H29FN6S/c1-13(2)8-15-9-16(21)19(20(22)25-23)17(10-15)27-6-4-26(5-7-27)12-18-24-11-14(3)28-18/h9-11,13H,4-8,12,23H2,1-3H3,(H2,22,25). The van der Waals surface area contributed by atoms with E-state index in [1.165, 1.54) is 4.88 Å². The van der Waals surface area contributed by atoms with Crippen molar-refractivity contribution in [3.05, 3.63) is 45.2 Å². The molecule has 1 aliphatic heterocycles. The van der Waals surface area contributed by atoms with E-state index in [4.69, 9.17) is 11.6 Å². The average molecular weight is 405 g/mol. The molecule has 0 amide bonds. The monoisotopic (exact) mass is 404 g/mol. The summed E-state index contributed by atoms with van der Waals surface area (Å²) in [6.45, 7) is 10.5. The minimum absolute atomic E-state index is 0.0317. The van der Waals surface area contributed by atoms with Crippen molar-refractivity contribution in [1.29, 1.82) is 0 Å². The third-order valence-corrected chi connectivity index (χ3v) is 5.81. The first kappa shape index (κ1) is 20.5. The number of hydrogen-bond donors (Lipinski definition) is 2. The number of nitrogens with two attached hydrogens (primary N) is 2. The van der Waals surface area contributed by atoms with E-state index in [9.17, 15) is 4.39 Å². The van der Waals surface area contributed by atoms with Crippen molar-refractivity contribution in [3.8, 4) is 0 Å². The zero-order valence-corrected chi connectivity index (χ0v) is 17.6. The van der Waals surface area contributed by atoms with Crippen LogP contribution in [0.1, 0.15) is 34.9 Å². The lowest BCUT2D eigenvalue weighted by atomic mass is 9.98. The van der Waals surface area contributed by atoms with Gasteiger partial charge in [-0.3, -0.25) is 4.90 Å². The number of anilines is 1. The first-order valence-electron chi connectivity index (χ1n) is 9.62. The Balaban J connectivity index is 1.79. The SMILES string of the molecule is Cc1cnc(CN2CCN(c3cc(CC(C)C)cc(F)c3/C(N)=N/N)CC2)s1. The van der Waals surface area contributed by atoms with Crippen LogP contribution in [-0.2, 0) is 13.0 Å². The Kier molecular flexibility index (Phi) is 6.51. The molecule has 0 spiro atoms. The van der Waals surface area contributed by atoms with E-state index < -0.39 is 0 Å². The van der Waals surface area contributed by atoms with Gasteiger partial charge < -0.3 is 16.5 Å². The fourth-order valence-corrected chi connectivity index (χ4v) is 4.45. The molecule has 1 fully saturated rings. The van der Waals surface area contributed by atoms with E-state index >= 15 is 0 Å². The Bertz CT molecular complexity index is 839. The van der Waals surface area contributed by atoms with E-state index in [1.807, 2.05) is 12.3 Å². The smallest absolute Gasteiger partial charge is 0.155 e. The maximum absolute atomic E-state index is 14.9. The van der Waals surface area contributed by atoms with Gasteiger partial charge in [0.1, 0.15) is 10.8 Å². The molecule has 1 saturated heterocycles. The Morgan fingerprint density at radius 2 is 2.00 bits per heavy atom. The number of hydrazone groups is 1. The van der Waals surface area contributed by atoms with Crippen LogP contribution in [0, 0.1) is 18.7 Å². The van der Waals surface area contributed by atoms with Crippen LogP contribution < -0.4 is 16.5 Å². The Morgan fingerprint density at radius 1 is 1.29 bits per heavy atom. The van der Waals surface area contributed by atoms with Crippen LogP contribution in [0.3, 0.4) is 0 Å². The molecule has 4 N–H and O–H groups in total. The summed E-state index contributed by atoms with van der Waals surface area (Å²) < 4.78 is 14.9. The highest BCUT2D eigenvalue weighted by atomic mass is 32.1. The van der Waals surface area contributed by atoms with E-state index in [0.717, 1.165) is 55.4 Å². The van der Waals surface area contributed by atoms with Gasteiger partial charge in [0.05, 0.1) is 17.8 Å². The number of rotatable bonds is 6. The van der Waals surface area contributed by atoms with Crippen molar-refractivity contribution in [2.24, 2.45) is 22.6 Å². The molecule has 28 heavy (non-hydrogen) atoms. The average Bonchev–Trinajstić information content (AvgIpc) is 3.05. The van der Waals surface area contributed by atoms with Crippen molar-refractivity contribution < 1.29 is 4.39 Å². The predicted molar refractivity (Wildman–Crippen MR) is 114 cm³/mol. The maximum atomic E-state index is 14.9. The molecule has 1 aliphatic rings. The van der Waals surface area contributed by atoms with Gasteiger partial charge in [-0.2, -0.15) is 5.10 Å². The minimum atomic E-state index is -0.361. The first-order chi connectivity index (χ1) is 13.4. The van der Waals surface area contributed by atoms with Crippen LogP contribution in [-0.4, -0.2) is 41.9 Å². The van der Waals surface area contributed by atoms with E-state index in [1.54, 1.807) is 17.4 Å². The van der Waals surface area contributed by atoms with Crippen molar-refractivity contribution in [2.75, 3.05) is 31.1 Å². The Hall–Kier alpha value is -2.19. The van der Waals surface area contributed by atoms with Crippen LogP contribution in [0.25, 0.3) is 0 Å². The second-order valence-corrected chi connectivity index (χ2v) is 9.03. The molecule has 0 atom stereocenters. The molecule has 0 aliphatic carbocycles. The summed E-state index contributed by atoms with van der Waals surface area (Å²) in [7, 11) is 0. The molecular formula is C20H29FN6S. The van der Waals surface area contributed by atoms with Crippen LogP contribution in [0.15, 0.2) is 23.4 Å². The third-order valence-electron chi connectivity index (χ3n) is 4.91. The highest BCUT2D eigenvalue weighted by Gasteiger charge is 2.24. The van der Waals surface area contributed by atoms with Crippen molar-refractivity contribution in [3.63, 3.8) is 0 Å². The molecule has 1 aromatic carbocycles. The Labute approximate surface area is 170 Å².